The van der Waals surface area contributed by atoms with Crippen LogP contribution in [0.4, 0.5) is 0 Å². The lowest BCUT2D eigenvalue weighted by molar-refractivity contribution is -0.120. The third-order valence-electron chi connectivity index (χ3n) is 3.48. The molecule has 0 radical (unpaired) electrons. The van der Waals surface area contributed by atoms with Gasteiger partial charge in [-0.25, -0.2) is 0 Å². The minimum atomic E-state index is -0.859. The topological polar surface area (TPSA) is 90.0 Å². The first kappa shape index (κ1) is 15.8. The summed E-state index contributed by atoms with van der Waals surface area (Å²) in [6.07, 6.45) is 2.45. The monoisotopic (exact) mass is 300 g/mol. The summed E-state index contributed by atoms with van der Waals surface area (Å²) in [6.45, 7) is 4.62. The van der Waals surface area contributed by atoms with Crippen LogP contribution in [0.5, 0.6) is 0 Å². The molecule has 0 fully saturated rings. The number of rotatable bonds is 6. The molecule has 6 heteroatoms. The van der Waals surface area contributed by atoms with Crippen LogP contribution in [0.25, 0.3) is 0 Å². The smallest absolute Gasteiger partial charge is 0.255 e. The molecule has 6 nitrogen and oxygen atoms in total. The summed E-state index contributed by atoms with van der Waals surface area (Å²) >= 11 is 0. The molecular formula is C16H20N4O2. The number of carbonyl (C=O) groups excluding carboxylic acids is 2. The third kappa shape index (κ3) is 3.33. The molecule has 3 N–H and O–H groups in total. The number of nitrogens with zero attached hydrogens (tertiary/aromatic N) is 2. The Morgan fingerprint density at radius 3 is 2.59 bits per heavy atom. The Labute approximate surface area is 129 Å². The number of carbonyl (C=O) groups is 2. The van der Waals surface area contributed by atoms with Crippen molar-refractivity contribution in [2.45, 2.75) is 32.9 Å². The molecule has 116 valence electrons. The summed E-state index contributed by atoms with van der Waals surface area (Å²) in [4.78, 5) is 24.0. The lowest BCUT2D eigenvalue weighted by Crippen LogP contribution is -2.37. The second kappa shape index (κ2) is 6.89. The lowest BCUT2D eigenvalue weighted by Gasteiger charge is -2.15. The summed E-state index contributed by atoms with van der Waals surface area (Å²) in [5.41, 5.74) is 7.29. The van der Waals surface area contributed by atoms with Gasteiger partial charge in [0.05, 0.1) is 11.8 Å². The second-order valence-electron chi connectivity index (χ2n) is 5.09. The second-order valence-corrected chi connectivity index (χ2v) is 5.09. The van der Waals surface area contributed by atoms with Gasteiger partial charge in [-0.1, -0.05) is 37.3 Å². The number of hydrogen-bond acceptors (Lipinski definition) is 3. The predicted octanol–water partition coefficient (Wildman–Crippen LogP) is 1.56. The van der Waals surface area contributed by atoms with Gasteiger partial charge in [0, 0.05) is 12.2 Å². The number of aromatic nitrogens is 2. The third-order valence-corrected chi connectivity index (χ3v) is 3.48. The van der Waals surface area contributed by atoms with Gasteiger partial charge in [-0.2, -0.15) is 5.10 Å². The summed E-state index contributed by atoms with van der Waals surface area (Å²) in [5, 5.41) is 6.87. The van der Waals surface area contributed by atoms with Crippen molar-refractivity contribution in [2.24, 2.45) is 5.73 Å². The first-order valence-electron chi connectivity index (χ1n) is 7.22. The Hall–Kier alpha value is -2.63. The van der Waals surface area contributed by atoms with Crippen LogP contribution in [-0.2, 0) is 11.3 Å². The van der Waals surface area contributed by atoms with Crippen LogP contribution < -0.4 is 11.1 Å². The average Bonchev–Trinajstić information content (AvgIpc) is 2.87. The minimum absolute atomic E-state index is 0.354. The first-order valence-corrected chi connectivity index (χ1v) is 7.22. The van der Waals surface area contributed by atoms with Crippen molar-refractivity contribution in [2.75, 3.05) is 0 Å². The van der Waals surface area contributed by atoms with Gasteiger partial charge in [-0.15, -0.1) is 0 Å². The van der Waals surface area contributed by atoms with Gasteiger partial charge >= 0.3 is 0 Å². The molecule has 0 bridgehead atoms. The molecular weight excluding hydrogens is 280 g/mol. The van der Waals surface area contributed by atoms with Crippen LogP contribution in [-0.4, -0.2) is 21.6 Å². The number of nitrogens with two attached hydrogens (primary N) is 1. The fraction of sp³-hybridized carbons (Fsp3) is 0.312. The Kier molecular flexibility index (Phi) is 4.93. The molecule has 1 atom stereocenters. The summed E-state index contributed by atoms with van der Waals surface area (Å²) in [7, 11) is 0. The fourth-order valence-electron chi connectivity index (χ4n) is 2.28. The molecule has 1 aromatic carbocycles. The van der Waals surface area contributed by atoms with Gasteiger partial charge in [0.2, 0.25) is 5.91 Å². The zero-order valence-electron chi connectivity index (χ0n) is 12.7. The molecule has 0 aliphatic heterocycles. The maximum atomic E-state index is 12.4. The molecule has 0 spiro atoms. The fourth-order valence-corrected chi connectivity index (χ4v) is 2.28. The van der Waals surface area contributed by atoms with Gasteiger partial charge in [0.25, 0.3) is 5.91 Å². The van der Waals surface area contributed by atoms with Gasteiger partial charge in [-0.3, -0.25) is 14.3 Å². The summed E-state index contributed by atoms with van der Waals surface area (Å²) < 4.78 is 1.77. The highest BCUT2D eigenvalue weighted by Crippen LogP contribution is 2.14. The van der Waals surface area contributed by atoms with Gasteiger partial charge < -0.3 is 11.1 Å². The van der Waals surface area contributed by atoms with E-state index in [4.69, 9.17) is 5.73 Å². The highest BCUT2D eigenvalue weighted by Gasteiger charge is 2.22. The SMILES string of the molecule is CCCn1ncc(C(=O)NC(C(N)=O)c2ccccc2)c1C. The number of nitrogens with one attached hydrogen (secondary N) is 1. The number of benzene rings is 1. The van der Waals surface area contributed by atoms with Crippen LogP contribution in [0.15, 0.2) is 36.5 Å². The molecule has 2 amide bonds. The number of primary amides is 1. The van der Waals surface area contributed by atoms with E-state index in [0.717, 1.165) is 18.7 Å². The minimum Gasteiger partial charge on any atom is -0.368 e. The molecule has 1 heterocycles. The maximum Gasteiger partial charge on any atom is 0.255 e. The van der Waals surface area contributed by atoms with Crippen molar-refractivity contribution in [3.8, 4) is 0 Å². The first-order chi connectivity index (χ1) is 10.5. The summed E-state index contributed by atoms with van der Waals surface area (Å²) in [6, 6.07) is 8.07. The molecule has 1 unspecified atom stereocenters. The average molecular weight is 300 g/mol. The number of hydrogen-bond donors (Lipinski definition) is 2. The standard InChI is InChI=1S/C16H20N4O2/c1-3-9-20-11(2)13(10-18-20)16(22)19-14(15(17)21)12-7-5-4-6-8-12/h4-8,10,14H,3,9H2,1-2H3,(H2,17,21)(H,19,22). The molecule has 0 saturated heterocycles. The zero-order valence-corrected chi connectivity index (χ0v) is 12.7. The van der Waals surface area contributed by atoms with E-state index < -0.39 is 11.9 Å². The number of aryl methyl sites for hydroxylation is 1. The molecule has 0 aliphatic carbocycles. The van der Waals surface area contributed by atoms with E-state index in [1.165, 1.54) is 6.20 Å². The summed E-state index contributed by atoms with van der Waals surface area (Å²) in [5.74, 6) is -0.953. The van der Waals surface area contributed by atoms with Gasteiger partial charge in [-0.05, 0) is 18.9 Å². The van der Waals surface area contributed by atoms with Crippen LogP contribution in [0.1, 0.15) is 41.0 Å². The molecule has 2 rings (SSSR count). The normalized spacial score (nSPS) is 11.9. The Balaban J connectivity index is 2.20. The highest BCUT2D eigenvalue weighted by molar-refractivity contribution is 5.98. The van der Waals surface area contributed by atoms with Crippen molar-refractivity contribution in [3.05, 3.63) is 53.3 Å². The van der Waals surface area contributed by atoms with E-state index >= 15 is 0 Å². The molecule has 22 heavy (non-hydrogen) atoms. The van der Waals surface area contributed by atoms with Crippen LogP contribution in [0.3, 0.4) is 0 Å². The van der Waals surface area contributed by atoms with E-state index in [-0.39, 0.29) is 5.91 Å². The lowest BCUT2D eigenvalue weighted by atomic mass is 10.1. The van der Waals surface area contributed by atoms with Crippen molar-refractivity contribution < 1.29 is 9.59 Å². The molecule has 0 saturated carbocycles. The van der Waals surface area contributed by atoms with Crippen LogP contribution in [0.2, 0.25) is 0 Å². The largest absolute Gasteiger partial charge is 0.368 e. The van der Waals surface area contributed by atoms with E-state index in [1.54, 1.807) is 28.9 Å². The van der Waals surface area contributed by atoms with E-state index in [0.29, 0.717) is 11.1 Å². The van der Waals surface area contributed by atoms with Crippen molar-refractivity contribution in [1.29, 1.82) is 0 Å². The van der Waals surface area contributed by atoms with Crippen molar-refractivity contribution >= 4 is 11.8 Å². The van der Waals surface area contributed by atoms with Crippen LogP contribution >= 0.6 is 0 Å². The van der Waals surface area contributed by atoms with Crippen molar-refractivity contribution in [1.82, 2.24) is 15.1 Å². The van der Waals surface area contributed by atoms with E-state index in [9.17, 15) is 9.59 Å². The zero-order chi connectivity index (χ0) is 16.1. The van der Waals surface area contributed by atoms with Gasteiger partial charge in [0.1, 0.15) is 6.04 Å². The predicted molar refractivity (Wildman–Crippen MR) is 83.1 cm³/mol. The number of amides is 2. The quantitative estimate of drug-likeness (QED) is 0.848. The molecule has 2 aromatic rings. The van der Waals surface area contributed by atoms with Crippen molar-refractivity contribution in [3.63, 3.8) is 0 Å². The Bertz CT molecular complexity index is 664. The Morgan fingerprint density at radius 1 is 1.32 bits per heavy atom. The van der Waals surface area contributed by atoms with E-state index in [1.807, 2.05) is 19.9 Å². The van der Waals surface area contributed by atoms with E-state index in [2.05, 4.69) is 10.4 Å². The van der Waals surface area contributed by atoms with Gasteiger partial charge in [0.15, 0.2) is 0 Å². The van der Waals surface area contributed by atoms with Crippen LogP contribution in [0, 0.1) is 6.92 Å². The molecule has 0 aliphatic rings. The molecule has 1 aromatic heterocycles. The maximum absolute atomic E-state index is 12.4. The highest BCUT2D eigenvalue weighted by atomic mass is 16.2. The Morgan fingerprint density at radius 2 is 2.00 bits per heavy atom.